The van der Waals surface area contributed by atoms with Crippen LogP contribution in [0.4, 0.5) is 0 Å². The minimum atomic E-state index is 0. The molecule has 0 aromatic heterocycles. The van der Waals surface area contributed by atoms with Gasteiger partial charge in [0, 0.05) is 20.4 Å². The van der Waals surface area contributed by atoms with Gasteiger partial charge in [0.2, 0.25) is 0 Å². The van der Waals surface area contributed by atoms with Crippen molar-refractivity contribution in [2.45, 2.75) is 77.8 Å². The second kappa shape index (κ2) is 10.5. The molecule has 0 aliphatic rings. The van der Waals surface area contributed by atoms with Crippen LogP contribution in [0.25, 0.3) is 0 Å². The van der Waals surface area contributed by atoms with Gasteiger partial charge in [0.05, 0.1) is 0 Å². The largest absolute Gasteiger partial charge is 1.00 e. The fourth-order valence-corrected chi connectivity index (χ4v) is 9.06. The summed E-state index contributed by atoms with van der Waals surface area (Å²) in [5.41, 5.74) is 0. The molecule has 0 aromatic rings. The van der Waals surface area contributed by atoms with E-state index in [4.69, 9.17) is 0 Å². The molecule has 0 atom stereocenters. The number of rotatable bonds is 0. The van der Waals surface area contributed by atoms with Crippen LogP contribution in [0.5, 0.6) is 0 Å². The molecule has 0 N–H and O–H groups in total. The first kappa shape index (κ1) is 28.1. The van der Waals surface area contributed by atoms with Crippen LogP contribution in [0.2, 0.25) is 0 Å². The summed E-state index contributed by atoms with van der Waals surface area (Å²) in [6.07, 6.45) is 1.50. The van der Waals surface area contributed by atoms with Crippen LogP contribution >= 0.6 is 7.92 Å². The minimum absolute atomic E-state index is 0. The van der Waals surface area contributed by atoms with Gasteiger partial charge in [-0.3, -0.25) is 0 Å². The van der Waals surface area contributed by atoms with Crippen molar-refractivity contribution in [3.63, 3.8) is 0 Å². The Morgan fingerprint density at radius 3 is 0.778 bits per heavy atom. The predicted molar refractivity (Wildman–Crippen MR) is 81.2 cm³/mol. The van der Waals surface area contributed by atoms with Gasteiger partial charge in [-0.05, 0) is 35.7 Å². The van der Waals surface area contributed by atoms with Gasteiger partial charge in [0.15, 0.2) is 0 Å². The van der Waals surface area contributed by atoms with E-state index in [2.05, 4.69) is 76.2 Å². The van der Waals surface area contributed by atoms with Crippen molar-refractivity contribution in [1.82, 2.24) is 0 Å². The fraction of sp³-hybridized carbons (Fsp3) is 0.800. The molecular weight excluding hydrogens is 444 g/mol. The molecule has 115 valence electrons. The van der Waals surface area contributed by atoms with Crippen molar-refractivity contribution in [3.05, 3.63) is 20.3 Å². The Morgan fingerprint density at radius 1 is 0.667 bits per heavy atom. The molecule has 0 rings (SSSR count). The molecule has 0 heterocycles. The first-order valence-electron chi connectivity index (χ1n) is 5.99. The van der Waals surface area contributed by atoms with Crippen molar-refractivity contribution >= 4 is 7.92 Å². The summed E-state index contributed by atoms with van der Waals surface area (Å²) < 4.78 is 0. The van der Waals surface area contributed by atoms with Crippen molar-refractivity contribution in [1.29, 1.82) is 0 Å². The zero-order valence-corrected chi connectivity index (χ0v) is 18.2. The molecule has 0 spiro atoms. The average molecular weight is 477 g/mol. The maximum atomic E-state index is 3.25. The molecule has 3 heteroatoms. The topological polar surface area (TPSA) is 0 Å². The summed E-state index contributed by atoms with van der Waals surface area (Å²) in [7, 11) is 0.0162. The van der Waals surface area contributed by atoms with Gasteiger partial charge in [0.1, 0.15) is 0 Å². The fourth-order valence-electron chi connectivity index (χ4n) is 3.02. The van der Waals surface area contributed by atoms with Crippen LogP contribution in [0.3, 0.4) is 0 Å². The summed E-state index contributed by atoms with van der Waals surface area (Å²) in [4.78, 5) is 0. The van der Waals surface area contributed by atoms with Crippen LogP contribution in [-0.2, 0) is 20.4 Å². The molecule has 0 bridgehead atoms. The van der Waals surface area contributed by atoms with Crippen molar-refractivity contribution in [2.24, 2.45) is 0 Å². The molecule has 18 heavy (non-hydrogen) atoms. The van der Waals surface area contributed by atoms with E-state index in [9.17, 15) is 0 Å². The smallest absolute Gasteiger partial charge is 0 e. The predicted octanol–water partition coefficient (Wildman–Crippen LogP) is 2.72. The van der Waals surface area contributed by atoms with Crippen LogP contribution in [0.1, 0.15) is 62.3 Å². The Kier molecular flexibility index (Phi) is 16.4. The first-order chi connectivity index (χ1) is 6.78. The van der Waals surface area contributed by atoms with Gasteiger partial charge in [0.25, 0.3) is 0 Å². The number of hydrogen-bond acceptors (Lipinski definition) is 0. The summed E-state index contributed by atoms with van der Waals surface area (Å²) in [6, 6.07) is 0. The van der Waals surface area contributed by atoms with E-state index in [1.54, 1.807) is 0 Å². The number of hydrogen-bond donors (Lipinski definition) is 0. The molecule has 0 unspecified atom stereocenters. The van der Waals surface area contributed by atoms with E-state index < -0.39 is 0 Å². The molecule has 0 amide bonds. The van der Waals surface area contributed by atoms with E-state index in [1.807, 2.05) is 0 Å². The SMILES string of the molecule is CC(C)(C)P(C(C)(C)C)C(C)(C)C.[CH2][CH][CH2].[I-].[Pd]. The zero-order valence-electron chi connectivity index (χ0n) is 13.6. The Bertz CT molecular complexity index is 151. The summed E-state index contributed by atoms with van der Waals surface area (Å²) in [5.74, 6) is 0. The van der Waals surface area contributed by atoms with Gasteiger partial charge >= 0.3 is 0 Å². The summed E-state index contributed by atoms with van der Waals surface area (Å²) in [6.45, 7) is 28.0. The molecular formula is C15H32IPPd-. The van der Waals surface area contributed by atoms with Crippen LogP contribution in [0, 0.1) is 20.3 Å². The third-order valence-corrected chi connectivity index (χ3v) is 6.04. The van der Waals surface area contributed by atoms with Crippen molar-refractivity contribution in [2.75, 3.05) is 0 Å². The second-order valence-corrected chi connectivity index (χ2v) is 11.8. The van der Waals surface area contributed by atoms with Gasteiger partial charge < -0.3 is 24.0 Å². The van der Waals surface area contributed by atoms with E-state index in [-0.39, 0.29) is 52.3 Å². The summed E-state index contributed by atoms with van der Waals surface area (Å²) >= 11 is 0. The van der Waals surface area contributed by atoms with Crippen LogP contribution in [-0.4, -0.2) is 15.5 Å². The van der Waals surface area contributed by atoms with Gasteiger partial charge in [-0.25, -0.2) is 0 Å². The van der Waals surface area contributed by atoms with E-state index in [0.29, 0.717) is 15.5 Å². The van der Waals surface area contributed by atoms with E-state index in [0.717, 1.165) is 0 Å². The van der Waals surface area contributed by atoms with E-state index in [1.165, 1.54) is 6.42 Å². The second-order valence-electron chi connectivity index (χ2n) is 7.14. The minimum Gasteiger partial charge on any atom is -1.00 e. The molecule has 0 aromatic carbocycles. The van der Waals surface area contributed by atoms with Gasteiger partial charge in [-0.2, -0.15) is 0 Å². The Balaban J connectivity index is -0.000000177. The summed E-state index contributed by atoms with van der Waals surface area (Å²) in [5, 5.41) is 1.35. The zero-order chi connectivity index (χ0) is 13.8. The normalized spacial score (nSPS) is 12.0. The standard InChI is InChI=1S/C12H27P.C3H5.HI.Pd/c1-10(2,3)13(11(4,5)6)12(7,8)9;1-3-2;;/h1-9H3;3H,1-2H2;1H;/p-1. The van der Waals surface area contributed by atoms with Crippen molar-refractivity contribution in [3.8, 4) is 0 Å². The van der Waals surface area contributed by atoms with Gasteiger partial charge in [-0.15, -0.1) is 0 Å². The molecule has 0 nitrogen and oxygen atoms in total. The van der Waals surface area contributed by atoms with Crippen molar-refractivity contribution < 1.29 is 44.4 Å². The number of halogens is 1. The maximum absolute atomic E-state index is 3.25. The van der Waals surface area contributed by atoms with Gasteiger partial charge in [-0.1, -0.05) is 70.2 Å². The third-order valence-electron chi connectivity index (χ3n) is 2.01. The van der Waals surface area contributed by atoms with E-state index >= 15 is 0 Å². The maximum Gasteiger partial charge on any atom is 0 e. The third kappa shape index (κ3) is 12.8. The molecule has 0 aliphatic carbocycles. The quantitative estimate of drug-likeness (QED) is 0.287. The molecule has 0 fully saturated rings. The van der Waals surface area contributed by atoms with Crippen LogP contribution < -0.4 is 24.0 Å². The molecule has 0 saturated heterocycles. The molecule has 0 saturated carbocycles. The average Bonchev–Trinajstić information content (AvgIpc) is 1.74. The Hall–Kier alpha value is 1.82. The molecule has 3 radical (unpaired) electrons. The van der Waals surface area contributed by atoms with Crippen LogP contribution in [0.15, 0.2) is 0 Å². The first-order valence-corrected chi connectivity index (χ1v) is 7.33. The Morgan fingerprint density at radius 2 is 0.778 bits per heavy atom. The Labute approximate surface area is 149 Å². The monoisotopic (exact) mass is 476 g/mol. The molecule has 0 aliphatic heterocycles.